The smallest absolute Gasteiger partial charge is 0.282 e. The lowest BCUT2D eigenvalue weighted by Gasteiger charge is -2.36. The summed E-state index contributed by atoms with van der Waals surface area (Å²) in [6, 6.07) is 0. The van der Waals surface area contributed by atoms with E-state index in [-0.39, 0.29) is 24.5 Å². The van der Waals surface area contributed by atoms with E-state index >= 15 is 0 Å². The Bertz CT molecular complexity index is 520. The van der Waals surface area contributed by atoms with Crippen LogP contribution in [-0.4, -0.2) is 81.6 Å². The topological polar surface area (TPSA) is 88.2 Å². The quantitative estimate of drug-likeness (QED) is 0.611. The summed E-state index contributed by atoms with van der Waals surface area (Å²) in [5.74, 6) is -0.345. The van der Waals surface area contributed by atoms with Crippen LogP contribution < -0.4 is 5.32 Å². The Morgan fingerprint density at radius 1 is 1.24 bits per heavy atom. The molecule has 2 rings (SSSR count). The van der Waals surface area contributed by atoms with Crippen LogP contribution in [0.25, 0.3) is 0 Å². The van der Waals surface area contributed by atoms with Crippen molar-refractivity contribution in [3.05, 3.63) is 0 Å². The maximum atomic E-state index is 12.7. The number of amides is 1. The standard InChI is InChI=1S/C16H31N3O5S/c1-14(2)24-10-4-6-17-16(20)15-5-3-7-19(13-15)25(21,22)18-8-11-23-12-9-18/h14-15H,3-13H2,1-2H3,(H,17,20)/t15-/m1/s1. The fourth-order valence-corrected chi connectivity index (χ4v) is 4.72. The number of nitrogens with zero attached hydrogens (tertiary/aromatic N) is 2. The van der Waals surface area contributed by atoms with Gasteiger partial charge < -0.3 is 14.8 Å². The lowest BCUT2D eigenvalue weighted by atomic mass is 9.99. The zero-order chi connectivity index (χ0) is 18.3. The SMILES string of the molecule is CC(C)OCCCNC(=O)[C@@H]1CCCN(S(=O)(=O)N2CCOCC2)C1. The number of carbonyl (C=O) groups excluding carboxylic acids is 1. The number of rotatable bonds is 8. The van der Waals surface area contributed by atoms with Crippen LogP contribution >= 0.6 is 0 Å². The van der Waals surface area contributed by atoms with Gasteiger partial charge in [0.25, 0.3) is 10.2 Å². The monoisotopic (exact) mass is 377 g/mol. The van der Waals surface area contributed by atoms with Crippen LogP contribution in [0.3, 0.4) is 0 Å². The van der Waals surface area contributed by atoms with E-state index in [4.69, 9.17) is 9.47 Å². The molecular weight excluding hydrogens is 346 g/mol. The van der Waals surface area contributed by atoms with Crippen LogP contribution in [-0.2, 0) is 24.5 Å². The van der Waals surface area contributed by atoms with Crippen molar-refractivity contribution in [2.24, 2.45) is 5.92 Å². The highest BCUT2D eigenvalue weighted by Gasteiger charge is 2.36. The molecule has 146 valence electrons. The number of morpholine rings is 1. The molecule has 2 fully saturated rings. The molecule has 8 nitrogen and oxygen atoms in total. The molecule has 0 saturated carbocycles. The van der Waals surface area contributed by atoms with E-state index in [2.05, 4.69) is 5.32 Å². The minimum Gasteiger partial charge on any atom is -0.379 e. The zero-order valence-corrected chi connectivity index (χ0v) is 16.1. The first kappa shape index (κ1) is 20.6. The van der Waals surface area contributed by atoms with Crippen molar-refractivity contribution < 1.29 is 22.7 Å². The molecule has 2 aliphatic rings. The Morgan fingerprint density at radius 2 is 1.96 bits per heavy atom. The predicted molar refractivity (Wildman–Crippen MR) is 94.3 cm³/mol. The largest absolute Gasteiger partial charge is 0.379 e. The van der Waals surface area contributed by atoms with E-state index in [1.165, 1.54) is 8.61 Å². The molecule has 1 N–H and O–H groups in total. The second-order valence-electron chi connectivity index (χ2n) is 6.78. The molecule has 9 heteroatoms. The normalized spacial score (nSPS) is 23.7. The van der Waals surface area contributed by atoms with Crippen LogP contribution in [0.1, 0.15) is 33.1 Å². The molecule has 2 saturated heterocycles. The summed E-state index contributed by atoms with van der Waals surface area (Å²) in [4.78, 5) is 12.3. The summed E-state index contributed by atoms with van der Waals surface area (Å²) in [5.41, 5.74) is 0. The van der Waals surface area contributed by atoms with E-state index in [1.54, 1.807) is 0 Å². The molecule has 1 amide bonds. The van der Waals surface area contributed by atoms with Crippen LogP contribution in [0, 0.1) is 5.92 Å². The Balaban J connectivity index is 1.80. The molecule has 0 aliphatic carbocycles. The van der Waals surface area contributed by atoms with Crippen molar-refractivity contribution in [1.82, 2.24) is 13.9 Å². The Hall–Kier alpha value is -0.740. The molecule has 0 aromatic heterocycles. The number of nitrogens with one attached hydrogen (secondary N) is 1. The minimum absolute atomic E-state index is 0.0635. The van der Waals surface area contributed by atoms with Gasteiger partial charge in [-0.25, -0.2) is 0 Å². The molecule has 2 heterocycles. The second kappa shape index (κ2) is 9.82. The highest BCUT2D eigenvalue weighted by atomic mass is 32.2. The molecular formula is C16H31N3O5S. The molecule has 0 unspecified atom stereocenters. The van der Waals surface area contributed by atoms with Crippen LogP contribution in [0.5, 0.6) is 0 Å². The first-order chi connectivity index (χ1) is 11.9. The Morgan fingerprint density at radius 3 is 2.64 bits per heavy atom. The molecule has 0 bridgehead atoms. The summed E-state index contributed by atoms with van der Waals surface area (Å²) < 4.78 is 39.0. The lowest BCUT2D eigenvalue weighted by Crippen LogP contribution is -2.53. The summed E-state index contributed by atoms with van der Waals surface area (Å²) in [6.07, 6.45) is 2.38. The number of hydrogen-bond acceptors (Lipinski definition) is 5. The predicted octanol–water partition coefficient (Wildman–Crippen LogP) is 0.207. The molecule has 2 aliphatic heterocycles. The van der Waals surface area contributed by atoms with E-state index in [0.717, 1.165) is 12.8 Å². The summed E-state index contributed by atoms with van der Waals surface area (Å²) >= 11 is 0. The van der Waals surface area contributed by atoms with Gasteiger partial charge in [-0.3, -0.25) is 4.79 Å². The number of carbonyl (C=O) groups is 1. The first-order valence-corrected chi connectivity index (χ1v) is 10.5. The summed E-state index contributed by atoms with van der Waals surface area (Å²) in [5, 5.41) is 2.90. The van der Waals surface area contributed by atoms with Crippen molar-refractivity contribution in [3.63, 3.8) is 0 Å². The average molecular weight is 378 g/mol. The van der Waals surface area contributed by atoms with Crippen molar-refractivity contribution in [2.45, 2.75) is 39.2 Å². The maximum absolute atomic E-state index is 12.7. The summed E-state index contributed by atoms with van der Waals surface area (Å²) in [7, 11) is -3.50. The summed E-state index contributed by atoms with van der Waals surface area (Å²) in [6.45, 7) is 7.47. The third kappa shape index (κ3) is 6.18. The van der Waals surface area contributed by atoms with Crippen LogP contribution in [0.15, 0.2) is 0 Å². The molecule has 0 spiro atoms. The van der Waals surface area contributed by atoms with Crippen LogP contribution in [0.2, 0.25) is 0 Å². The Labute approximate surface area is 151 Å². The molecule has 0 aromatic carbocycles. The van der Waals surface area contributed by atoms with Gasteiger partial charge in [0.05, 0.1) is 25.2 Å². The molecule has 25 heavy (non-hydrogen) atoms. The van der Waals surface area contributed by atoms with E-state index < -0.39 is 10.2 Å². The van der Waals surface area contributed by atoms with Gasteiger partial charge in [0, 0.05) is 39.3 Å². The number of piperidine rings is 1. The molecule has 0 radical (unpaired) electrons. The van der Waals surface area contributed by atoms with Crippen molar-refractivity contribution in [1.29, 1.82) is 0 Å². The van der Waals surface area contributed by atoms with Gasteiger partial charge >= 0.3 is 0 Å². The zero-order valence-electron chi connectivity index (χ0n) is 15.3. The first-order valence-electron chi connectivity index (χ1n) is 9.13. The van der Waals surface area contributed by atoms with Gasteiger partial charge in [-0.2, -0.15) is 17.0 Å². The van der Waals surface area contributed by atoms with Gasteiger partial charge in [-0.15, -0.1) is 0 Å². The fraction of sp³-hybridized carbons (Fsp3) is 0.938. The average Bonchev–Trinajstić information content (AvgIpc) is 2.62. The highest BCUT2D eigenvalue weighted by Crippen LogP contribution is 2.22. The second-order valence-corrected chi connectivity index (χ2v) is 8.71. The third-order valence-electron chi connectivity index (χ3n) is 4.45. The highest BCUT2D eigenvalue weighted by molar-refractivity contribution is 7.86. The molecule has 0 aromatic rings. The van der Waals surface area contributed by atoms with Gasteiger partial charge in [0.15, 0.2) is 0 Å². The van der Waals surface area contributed by atoms with E-state index in [9.17, 15) is 13.2 Å². The van der Waals surface area contributed by atoms with Gasteiger partial charge in [0.1, 0.15) is 0 Å². The number of hydrogen-bond donors (Lipinski definition) is 1. The van der Waals surface area contributed by atoms with Gasteiger partial charge in [0.2, 0.25) is 5.91 Å². The van der Waals surface area contributed by atoms with Crippen molar-refractivity contribution >= 4 is 16.1 Å². The van der Waals surface area contributed by atoms with Crippen molar-refractivity contribution in [2.75, 3.05) is 52.5 Å². The number of ether oxygens (including phenoxy) is 2. The van der Waals surface area contributed by atoms with Gasteiger partial charge in [-0.05, 0) is 33.1 Å². The minimum atomic E-state index is -3.50. The Kier molecular flexibility index (Phi) is 8.08. The van der Waals surface area contributed by atoms with E-state index in [0.29, 0.717) is 52.4 Å². The van der Waals surface area contributed by atoms with Crippen LogP contribution in [0.4, 0.5) is 0 Å². The molecule has 1 atom stereocenters. The van der Waals surface area contributed by atoms with E-state index in [1.807, 2.05) is 13.8 Å². The fourth-order valence-electron chi connectivity index (χ4n) is 3.05. The third-order valence-corrected chi connectivity index (χ3v) is 6.45. The maximum Gasteiger partial charge on any atom is 0.282 e. The van der Waals surface area contributed by atoms with Gasteiger partial charge in [-0.1, -0.05) is 0 Å². The van der Waals surface area contributed by atoms with Crippen molar-refractivity contribution in [3.8, 4) is 0 Å². The lowest BCUT2D eigenvalue weighted by molar-refractivity contribution is -0.126.